The second-order valence-electron chi connectivity index (χ2n) is 10.7. The normalized spacial score (nSPS) is 17.7. The second-order valence-corrected chi connectivity index (χ2v) is 11.9. The topological polar surface area (TPSA) is 38.8 Å². The molecule has 0 unspecified atom stereocenters. The van der Waals surface area contributed by atoms with Gasteiger partial charge in [-0.1, -0.05) is 13.8 Å². The van der Waals surface area contributed by atoms with Gasteiger partial charge in [0.05, 0.1) is 29.8 Å². The van der Waals surface area contributed by atoms with E-state index in [1.54, 1.807) is 36.4 Å². The van der Waals surface area contributed by atoms with Crippen LogP contribution in [0.4, 0.5) is 48.7 Å². The molecule has 0 N–H and O–H groups in total. The van der Waals surface area contributed by atoms with E-state index in [9.17, 15) is 48.7 Å². The Labute approximate surface area is 264 Å². The van der Waals surface area contributed by atoms with Crippen molar-refractivity contribution in [3.63, 3.8) is 0 Å². The lowest BCUT2D eigenvalue weighted by Crippen LogP contribution is -2.32. The van der Waals surface area contributed by atoms with Crippen LogP contribution >= 0.6 is 22.6 Å². The van der Waals surface area contributed by atoms with Crippen LogP contribution in [0.2, 0.25) is 0 Å². The van der Waals surface area contributed by atoms with Gasteiger partial charge >= 0.3 is 24.6 Å². The van der Waals surface area contributed by atoms with Gasteiger partial charge in [-0.05, 0) is 83.0 Å². The quantitative estimate of drug-likeness (QED) is 0.185. The zero-order valence-corrected chi connectivity index (χ0v) is 26.0. The van der Waals surface area contributed by atoms with E-state index in [1.165, 1.54) is 20.1 Å². The Hall–Kier alpha value is -3.24. The summed E-state index contributed by atoms with van der Waals surface area (Å²) in [5.41, 5.74) is -4.47. The summed E-state index contributed by atoms with van der Waals surface area (Å²) in [5, 5.41) is 0. The number of cyclic esters (lactones) is 1. The number of alkyl halides is 9. The summed E-state index contributed by atoms with van der Waals surface area (Å²) in [6.45, 7) is 3.96. The number of methoxy groups -OCH3 is 1. The summed E-state index contributed by atoms with van der Waals surface area (Å²) in [4.78, 5) is 13.9. The Morgan fingerprint density at radius 2 is 1.40 bits per heavy atom. The van der Waals surface area contributed by atoms with Gasteiger partial charge in [0.15, 0.2) is 0 Å². The van der Waals surface area contributed by atoms with E-state index < -0.39 is 71.4 Å². The number of halogens is 11. The van der Waals surface area contributed by atoms with Crippen LogP contribution in [0.3, 0.4) is 0 Å². The van der Waals surface area contributed by atoms with Gasteiger partial charge in [-0.15, -0.1) is 0 Å². The molecule has 3 aromatic carbocycles. The second kappa shape index (κ2) is 12.2. The van der Waals surface area contributed by atoms with Gasteiger partial charge in [0.1, 0.15) is 17.7 Å². The highest BCUT2D eigenvalue weighted by Crippen LogP contribution is 2.47. The fourth-order valence-electron chi connectivity index (χ4n) is 5.12. The van der Waals surface area contributed by atoms with Crippen LogP contribution in [0, 0.1) is 9.39 Å². The maximum atomic E-state index is 14.8. The molecule has 0 aliphatic carbocycles. The fraction of sp³-hybridized carbons (Fsp3) is 0.367. The Balaban J connectivity index is 1.87. The Kier molecular flexibility index (Phi) is 9.37. The average molecular weight is 763 g/mol. The standard InChI is InChI=1S/C30H24F10INO3/c1-13(2)19-10-20(24(44-4)11-22(19)31)25-21(8-18(9-23(25)41)30(38,39)40)26-14(3)42(27(43)45-26)12-15-5-16(28(32,33)34)7-17(6-15)29(35,36)37/h5-11,13-14,26H,12H2,1-4H3/t14-,26+/m1/s1. The summed E-state index contributed by atoms with van der Waals surface area (Å²) in [6, 6.07) is 3.76. The van der Waals surface area contributed by atoms with E-state index in [0.717, 1.165) is 23.1 Å². The molecule has 0 saturated carbocycles. The molecule has 1 fully saturated rings. The number of amides is 1. The van der Waals surface area contributed by atoms with Crippen LogP contribution in [0.15, 0.2) is 42.5 Å². The summed E-state index contributed by atoms with van der Waals surface area (Å²) >= 11 is 1.65. The molecule has 1 aliphatic rings. The molecular formula is C30H24F10INO3. The predicted octanol–water partition coefficient (Wildman–Crippen LogP) is 10.4. The molecule has 15 heteroatoms. The third-order valence-electron chi connectivity index (χ3n) is 7.36. The molecule has 1 aliphatic heterocycles. The van der Waals surface area contributed by atoms with Crippen molar-refractivity contribution in [3.05, 3.63) is 85.2 Å². The maximum Gasteiger partial charge on any atom is 0.416 e. The lowest BCUT2D eigenvalue weighted by molar-refractivity contribution is -0.143. The minimum atomic E-state index is -5.14. The number of nitrogens with zero attached hydrogens (tertiary/aromatic N) is 1. The number of carbonyl (C=O) groups excluding carboxylic acids is 1. The Bertz CT molecular complexity index is 1580. The van der Waals surface area contributed by atoms with E-state index >= 15 is 0 Å². The fourth-order valence-corrected chi connectivity index (χ4v) is 6.06. The van der Waals surface area contributed by atoms with Crippen molar-refractivity contribution in [1.29, 1.82) is 0 Å². The van der Waals surface area contributed by atoms with Crippen LogP contribution < -0.4 is 4.74 Å². The van der Waals surface area contributed by atoms with Gasteiger partial charge in [-0.3, -0.25) is 4.90 Å². The molecule has 45 heavy (non-hydrogen) atoms. The molecule has 1 heterocycles. The van der Waals surface area contributed by atoms with Crippen LogP contribution in [0.5, 0.6) is 5.75 Å². The molecule has 244 valence electrons. The molecule has 0 aromatic heterocycles. The monoisotopic (exact) mass is 763 g/mol. The van der Waals surface area contributed by atoms with Gasteiger partial charge < -0.3 is 9.47 Å². The summed E-state index contributed by atoms with van der Waals surface area (Å²) < 4.78 is 148. The Morgan fingerprint density at radius 3 is 1.89 bits per heavy atom. The van der Waals surface area contributed by atoms with Crippen molar-refractivity contribution < 1.29 is 58.2 Å². The highest BCUT2D eigenvalue weighted by atomic mass is 127. The zero-order chi connectivity index (χ0) is 33.8. The number of hydrogen-bond acceptors (Lipinski definition) is 3. The van der Waals surface area contributed by atoms with Crippen LogP contribution in [0.25, 0.3) is 11.1 Å². The van der Waals surface area contributed by atoms with Gasteiger partial charge in [0, 0.05) is 32.9 Å². The molecule has 1 amide bonds. The van der Waals surface area contributed by atoms with E-state index in [4.69, 9.17) is 9.47 Å². The first-order valence-corrected chi connectivity index (χ1v) is 14.2. The summed E-state index contributed by atoms with van der Waals surface area (Å²) in [5.74, 6) is -1.01. The third kappa shape index (κ3) is 7.12. The minimum Gasteiger partial charge on any atom is -0.496 e. The van der Waals surface area contributed by atoms with Crippen molar-refractivity contribution in [2.75, 3.05) is 7.11 Å². The average Bonchev–Trinajstić information content (AvgIpc) is 3.19. The number of ether oxygens (including phenoxy) is 2. The van der Waals surface area contributed by atoms with E-state index in [1.807, 2.05) is 0 Å². The largest absolute Gasteiger partial charge is 0.496 e. The molecule has 0 radical (unpaired) electrons. The van der Waals surface area contributed by atoms with Gasteiger partial charge in [-0.25, -0.2) is 9.18 Å². The van der Waals surface area contributed by atoms with Gasteiger partial charge in [0.25, 0.3) is 0 Å². The van der Waals surface area contributed by atoms with Crippen molar-refractivity contribution in [1.82, 2.24) is 4.90 Å². The van der Waals surface area contributed by atoms with E-state index in [0.29, 0.717) is 12.1 Å². The minimum absolute atomic E-state index is 0.0337. The van der Waals surface area contributed by atoms with Crippen LogP contribution in [-0.2, 0) is 29.8 Å². The number of benzene rings is 3. The predicted molar refractivity (Wildman–Crippen MR) is 151 cm³/mol. The Morgan fingerprint density at radius 1 is 0.867 bits per heavy atom. The molecule has 0 spiro atoms. The first-order valence-electron chi connectivity index (χ1n) is 13.2. The highest BCUT2D eigenvalue weighted by Gasteiger charge is 2.44. The summed E-state index contributed by atoms with van der Waals surface area (Å²) in [7, 11) is 1.23. The van der Waals surface area contributed by atoms with Crippen LogP contribution in [-0.4, -0.2) is 24.1 Å². The van der Waals surface area contributed by atoms with Crippen molar-refractivity contribution >= 4 is 28.7 Å². The maximum absolute atomic E-state index is 14.8. The number of hydrogen-bond donors (Lipinski definition) is 0. The van der Waals surface area contributed by atoms with Gasteiger partial charge in [0.2, 0.25) is 0 Å². The number of carbonyl (C=O) groups is 1. The first-order chi connectivity index (χ1) is 20.6. The molecule has 4 rings (SSSR count). The first kappa shape index (κ1) is 34.6. The molecule has 2 atom stereocenters. The zero-order valence-electron chi connectivity index (χ0n) is 23.8. The van der Waals surface area contributed by atoms with E-state index in [-0.39, 0.29) is 43.6 Å². The van der Waals surface area contributed by atoms with Crippen molar-refractivity contribution in [3.8, 4) is 16.9 Å². The third-order valence-corrected chi connectivity index (χ3v) is 8.21. The SMILES string of the molecule is COc1cc(F)c(C(C)C)cc1-c1c(I)cc(C(F)(F)F)cc1[C@H]1OC(=O)N(Cc2cc(C(F)(F)F)cc(C(F)(F)F)c2)[C@@H]1C. The molecule has 3 aromatic rings. The highest BCUT2D eigenvalue weighted by molar-refractivity contribution is 14.1. The van der Waals surface area contributed by atoms with Gasteiger partial charge in [-0.2, -0.15) is 39.5 Å². The smallest absolute Gasteiger partial charge is 0.416 e. The number of rotatable bonds is 6. The molecular weight excluding hydrogens is 739 g/mol. The van der Waals surface area contributed by atoms with Crippen LogP contribution in [0.1, 0.15) is 66.2 Å². The summed E-state index contributed by atoms with van der Waals surface area (Å²) in [6.07, 6.45) is -17.8. The lowest BCUT2D eigenvalue weighted by Gasteiger charge is -2.25. The molecule has 1 saturated heterocycles. The molecule has 4 nitrogen and oxygen atoms in total. The van der Waals surface area contributed by atoms with E-state index in [2.05, 4.69) is 0 Å². The van der Waals surface area contributed by atoms with Crippen molar-refractivity contribution in [2.24, 2.45) is 0 Å². The lowest BCUT2D eigenvalue weighted by atomic mass is 9.88. The van der Waals surface area contributed by atoms with Crippen molar-refractivity contribution in [2.45, 2.75) is 63.9 Å². The molecule has 0 bridgehead atoms.